The second kappa shape index (κ2) is 12.9. The maximum Gasteiger partial charge on any atom is 0.468 e. The lowest BCUT2D eigenvalue weighted by Crippen LogP contribution is -2.47. The number of hydrogen-bond donors (Lipinski definition) is 0. The molecule has 0 spiro atoms. The fourth-order valence-electron chi connectivity index (χ4n) is 6.36. The lowest BCUT2D eigenvalue weighted by Gasteiger charge is -2.43. The van der Waals surface area contributed by atoms with E-state index in [0.717, 1.165) is 38.5 Å². The molecule has 5 heteroatoms. The van der Waals surface area contributed by atoms with Crippen LogP contribution in [0.4, 0.5) is 0 Å². The smallest absolute Gasteiger partial charge is 0.413 e. The largest absolute Gasteiger partial charge is 0.468 e. The summed E-state index contributed by atoms with van der Waals surface area (Å²) in [6.45, 7) is 34.3. The van der Waals surface area contributed by atoms with E-state index in [1.54, 1.807) is 0 Å². The number of aryl methyl sites for hydroxylation is 2. The lowest BCUT2D eigenvalue weighted by molar-refractivity contribution is 0.00578. The molecule has 1 aromatic rings. The average Bonchev–Trinajstić information content (AvgIpc) is 3.08. The first-order valence-electron chi connectivity index (χ1n) is 17.0. The predicted octanol–water partition coefficient (Wildman–Crippen LogP) is 11.4. The van der Waals surface area contributed by atoms with E-state index in [-0.39, 0.29) is 40.2 Å². The second-order valence-corrected chi connectivity index (χ2v) is 22.2. The minimum absolute atomic E-state index is 0.116. The van der Waals surface area contributed by atoms with Gasteiger partial charge in [-0.05, 0) is 126 Å². The summed E-state index contributed by atoms with van der Waals surface area (Å²) < 4.78 is 20.3. The highest BCUT2D eigenvalue weighted by molar-refractivity contribution is 6.74. The van der Waals surface area contributed by atoms with Gasteiger partial charge in [-0.25, -0.2) is 0 Å². The number of allylic oxidation sites excluding steroid dienone is 4. The van der Waals surface area contributed by atoms with Crippen molar-refractivity contribution < 1.29 is 13.7 Å². The average molecular weight is 609 g/mol. The molecule has 0 saturated carbocycles. The molecular formula is C38H65BO3Si. The molecule has 0 N–H and O–H groups in total. The Bertz CT molecular complexity index is 1150. The molecule has 3 rings (SSSR count). The highest BCUT2D eigenvalue weighted by atomic mass is 28.4. The third-order valence-electron chi connectivity index (χ3n) is 11.3. The van der Waals surface area contributed by atoms with E-state index in [1.165, 1.54) is 22.3 Å². The summed E-state index contributed by atoms with van der Waals surface area (Å²) in [5.41, 5.74) is 5.19. The van der Waals surface area contributed by atoms with Crippen molar-refractivity contribution in [2.45, 2.75) is 175 Å². The molecule has 1 aliphatic carbocycles. The third kappa shape index (κ3) is 8.37. The number of benzene rings is 1. The Hall–Kier alpha value is -1.14. The van der Waals surface area contributed by atoms with Crippen LogP contribution in [0.25, 0.3) is 0 Å². The van der Waals surface area contributed by atoms with Gasteiger partial charge in [0.1, 0.15) is 0 Å². The maximum absolute atomic E-state index is 6.99. The van der Waals surface area contributed by atoms with Crippen molar-refractivity contribution >= 4 is 15.4 Å². The molecule has 0 radical (unpaired) electrons. The van der Waals surface area contributed by atoms with E-state index in [4.69, 9.17) is 13.7 Å². The topological polar surface area (TPSA) is 27.7 Å². The van der Waals surface area contributed by atoms with Gasteiger partial charge in [0.25, 0.3) is 0 Å². The van der Waals surface area contributed by atoms with Crippen LogP contribution in [-0.2, 0) is 20.2 Å². The normalized spacial score (nSPS) is 23.8. The molecule has 242 valence electrons. The van der Waals surface area contributed by atoms with Gasteiger partial charge >= 0.3 is 7.12 Å². The Balaban J connectivity index is 1.75. The van der Waals surface area contributed by atoms with Gasteiger partial charge in [-0.1, -0.05) is 90.5 Å². The lowest BCUT2D eigenvalue weighted by atomic mass is 9.51. The van der Waals surface area contributed by atoms with E-state index in [0.29, 0.717) is 5.92 Å². The molecule has 3 atom stereocenters. The van der Waals surface area contributed by atoms with Crippen LogP contribution in [0.2, 0.25) is 23.4 Å². The van der Waals surface area contributed by atoms with Gasteiger partial charge in [0.05, 0.1) is 17.3 Å². The van der Waals surface area contributed by atoms with E-state index >= 15 is 0 Å². The van der Waals surface area contributed by atoms with Crippen LogP contribution in [0.5, 0.6) is 0 Å². The van der Waals surface area contributed by atoms with E-state index < -0.39 is 8.32 Å². The van der Waals surface area contributed by atoms with E-state index in [2.05, 4.69) is 140 Å². The first-order valence-corrected chi connectivity index (χ1v) is 19.9. The number of hydrogen-bond acceptors (Lipinski definition) is 3. The Morgan fingerprint density at radius 2 is 1.56 bits per heavy atom. The summed E-state index contributed by atoms with van der Waals surface area (Å²) in [7, 11) is -2.08. The zero-order chi connectivity index (χ0) is 32.6. The molecule has 1 saturated heterocycles. The van der Waals surface area contributed by atoms with Crippen molar-refractivity contribution in [3.05, 3.63) is 58.7 Å². The second-order valence-electron chi connectivity index (χ2n) is 17.5. The van der Waals surface area contributed by atoms with Crippen molar-refractivity contribution in [3.63, 3.8) is 0 Å². The van der Waals surface area contributed by atoms with Crippen molar-refractivity contribution in [1.82, 2.24) is 0 Å². The molecule has 3 nitrogen and oxygen atoms in total. The summed E-state index contributed by atoms with van der Waals surface area (Å²) in [5, 5.41) is 0.0744. The quantitative estimate of drug-likeness (QED) is 0.234. The summed E-state index contributed by atoms with van der Waals surface area (Å²) >= 11 is 0. The molecule has 1 heterocycles. The minimum Gasteiger partial charge on any atom is -0.413 e. The van der Waals surface area contributed by atoms with Gasteiger partial charge < -0.3 is 13.7 Å². The van der Waals surface area contributed by atoms with Crippen molar-refractivity contribution in [2.24, 2.45) is 5.41 Å². The Kier molecular flexibility index (Phi) is 10.9. The predicted molar refractivity (Wildman–Crippen MR) is 190 cm³/mol. The molecule has 3 unspecified atom stereocenters. The highest BCUT2D eigenvalue weighted by Crippen LogP contribution is 2.53. The standard InChI is InChI=1S/C38H65BO3Si/c1-16-30(23-25-38(24-17-18-28(2)27-38)39-41-36(10,11)37(12,13)42-39)32-20-19-31(29(3)26-32)21-22-33(34(4,5)6)40-43(14,15)35(7,8)9/h17-20,24,26,30,33H,16,21-23,25,27H2,1-15H3. The first-order chi connectivity index (χ1) is 19.5. The zero-order valence-corrected chi connectivity index (χ0v) is 31.7. The molecule has 2 aliphatic rings. The van der Waals surface area contributed by atoms with Crippen LogP contribution in [0.15, 0.2) is 42.0 Å². The summed E-state index contributed by atoms with van der Waals surface area (Å²) in [6.07, 6.45) is 13.5. The molecular weight excluding hydrogens is 543 g/mol. The Labute approximate surface area is 267 Å². The first kappa shape index (κ1) is 36.3. The zero-order valence-electron chi connectivity index (χ0n) is 30.7. The summed E-state index contributed by atoms with van der Waals surface area (Å²) in [5.74, 6) is 0.510. The fourth-order valence-corrected chi connectivity index (χ4v) is 7.90. The summed E-state index contributed by atoms with van der Waals surface area (Å²) in [6, 6.07) is 7.27. The van der Waals surface area contributed by atoms with E-state index in [1.807, 2.05) is 0 Å². The van der Waals surface area contributed by atoms with Crippen LogP contribution in [0, 0.1) is 12.3 Å². The third-order valence-corrected chi connectivity index (χ3v) is 15.8. The highest BCUT2D eigenvalue weighted by Gasteiger charge is 2.58. The Morgan fingerprint density at radius 1 is 0.953 bits per heavy atom. The van der Waals surface area contributed by atoms with Crippen LogP contribution in [-0.4, -0.2) is 32.7 Å². The van der Waals surface area contributed by atoms with Gasteiger partial charge in [0.2, 0.25) is 0 Å². The van der Waals surface area contributed by atoms with Crippen LogP contribution >= 0.6 is 0 Å². The van der Waals surface area contributed by atoms with Gasteiger partial charge in [-0.15, -0.1) is 0 Å². The SMILES string of the molecule is CCC(CCC1(B2OC(C)(C)C(C)(C)O2)C=CC=C(C)C1)c1ccc(CCC(O[Si](C)(C)C(C)(C)C)C(C)(C)C)c(C)c1. The molecule has 1 aliphatic heterocycles. The van der Waals surface area contributed by atoms with Gasteiger partial charge in [0, 0.05) is 5.31 Å². The van der Waals surface area contributed by atoms with E-state index in [9.17, 15) is 0 Å². The van der Waals surface area contributed by atoms with Crippen LogP contribution in [0.3, 0.4) is 0 Å². The molecule has 1 fully saturated rings. The van der Waals surface area contributed by atoms with Crippen molar-refractivity contribution in [1.29, 1.82) is 0 Å². The molecule has 1 aromatic carbocycles. The molecule has 0 aromatic heterocycles. The monoisotopic (exact) mass is 608 g/mol. The van der Waals surface area contributed by atoms with Crippen molar-refractivity contribution in [2.75, 3.05) is 0 Å². The van der Waals surface area contributed by atoms with Crippen LogP contribution in [0.1, 0.15) is 138 Å². The molecule has 43 heavy (non-hydrogen) atoms. The Morgan fingerprint density at radius 3 is 2.05 bits per heavy atom. The fraction of sp³-hybridized carbons (Fsp3) is 0.737. The molecule has 0 amide bonds. The maximum atomic E-state index is 6.99. The van der Waals surface area contributed by atoms with Crippen molar-refractivity contribution in [3.8, 4) is 0 Å². The van der Waals surface area contributed by atoms with Gasteiger partial charge in [-0.3, -0.25) is 0 Å². The summed E-state index contributed by atoms with van der Waals surface area (Å²) in [4.78, 5) is 0. The number of rotatable bonds is 11. The van der Waals surface area contributed by atoms with Crippen LogP contribution < -0.4 is 0 Å². The molecule has 0 bridgehead atoms. The van der Waals surface area contributed by atoms with Gasteiger partial charge in [0.15, 0.2) is 8.32 Å². The van der Waals surface area contributed by atoms with Gasteiger partial charge in [-0.2, -0.15) is 0 Å². The minimum atomic E-state index is -1.84.